The summed E-state index contributed by atoms with van der Waals surface area (Å²) in [5.41, 5.74) is 8.45. The Balaban J connectivity index is 2.26. The number of sulfonamides is 1. The van der Waals surface area contributed by atoms with E-state index in [2.05, 4.69) is 4.72 Å². The van der Waals surface area contributed by atoms with E-state index in [4.69, 9.17) is 5.73 Å². The lowest BCUT2D eigenvalue weighted by molar-refractivity contribution is 0.1000. The molecular formula is C17H20N2O3S. The van der Waals surface area contributed by atoms with Crippen molar-refractivity contribution in [1.29, 1.82) is 0 Å². The maximum absolute atomic E-state index is 12.5. The van der Waals surface area contributed by atoms with E-state index in [9.17, 15) is 13.2 Å². The Morgan fingerprint density at radius 2 is 1.70 bits per heavy atom. The summed E-state index contributed by atoms with van der Waals surface area (Å²) in [5, 5.41) is 0. The van der Waals surface area contributed by atoms with Crippen molar-refractivity contribution >= 4 is 15.9 Å². The number of aryl methyl sites for hydroxylation is 2. The first-order valence-electron chi connectivity index (χ1n) is 7.20. The third kappa shape index (κ3) is 3.97. The molecule has 1 amide bonds. The number of rotatable bonds is 5. The van der Waals surface area contributed by atoms with Crippen LogP contribution in [-0.2, 0) is 10.0 Å². The molecule has 0 aliphatic rings. The van der Waals surface area contributed by atoms with Crippen LogP contribution in [-0.4, -0.2) is 14.3 Å². The van der Waals surface area contributed by atoms with Crippen LogP contribution in [0.3, 0.4) is 0 Å². The highest BCUT2D eigenvalue weighted by atomic mass is 32.2. The van der Waals surface area contributed by atoms with Gasteiger partial charge >= 0.3 is 0 Å². The molecule has 1 atom stereocenters. The van der Waals surface area contributed by atoms with Crippen LogP contribution in [0.2, 0.25) is 0 Å². The summed E-state index contributed by atoms with van der Waals surface area (Å²) in [6.07, 6.45) is 0. The summed E-state index contributed by atoms with van der Waals surface area (Å²) in [7, 11) is -3.68. The number of carbonyl (C=O) groups excluding carboxylic acids is 1. The predicted molar refractivity (Wildman–Crippen MR) is 89.6 cm³/mol. The largest absolute Gasteiger partial charge is 0.366 e. The predicted octanol–water partition coefficient (Wildman–Crippen LogP) is 2.44. The molecule has 6 heteroatoms. The first-order valence-corrected chi connectivity index (χ1v) is 8.68. The first-order chi connectivity index (χ1) is 10.7. The fraction of sp³-hybridized carbons (Fsp3) is 0.235. The summed E-state index contributed by atoms with van der Waals surface area (Å²) in [6, 6.07) is 11.1. The second-order valence-corrected chi connectivity index (χ2v) is 7.31. The van der Waals surface area contributed by atoms with Crippen LogP contribution >= 0.6 is 0 Å². The van der Waals surface area contributed by atoms with Gasteiger partial charge in [-0.1, -0.05) is 23.8 Å². The van der Waals surface area contributed by atoms with Gasteiger partial charge in [-0.05, 0) is 56.2 Å². The maximum atomic E-state index is 12.5. The first kappa shape index (κ1) is 17.2. The molecule has 122 valence electrons. The van der Waals surface area contributed by atoms with Crippen LogP contribution in [0.15, 0.2) is 47.4 Å². The molecule has 0 aromatic heterocycles. The minimum atomic E-state index is -3.68. The summed E-state index contributed by atoms with van der Waals surface area (Å²) in [5.74, 6) is -0.592. The topological polar surface area (TPSA) is 89.3 Å². The van der Waals surface area contributed by atoms with Crippen molar-refractivity contribution in [2.45, 2.75) is 31.7 Å². The fourth-order valence-electron chi connectivity index (χ4n) is 2.39. The molecule has 0 aliphatic heterocycles. The van der Waals surface area contributed by atoms with E-state index in [0.717, 1.165) is 16.7 Å². The van der Waals surface area contributed by atoms with Gasteiger partial charge in [0.1, 0.15) is 0 Å². The third-order valence-electron chi connectivity index (χ3n) is 3.68. The van der Waals surface area contributed by atoms with E-state index in [0.29, 0.717) is 0 Å². The number of carbonyl (C=O) groups is 1. The highest BCUT2D eigenvalue weighted by Crippen LogP contribution is 2.21. The Morgan fingerprint density at radius 1 is 1.09 bits per heavy atom. The lowest BCUT2D eigenvalue weighted by atomic mass is 10.0. The van der Waals surface area contributed by atoms with Crippen LogP contribution in [0.1, 0.15) is 40.0 Å². The number of amides is 1. The van der Waals surface area contributed by atoms with Gasteiger partial charge in [-0.25, -0.2) is 13.1 Å². The van der Waals surface area contributed by atoms with Gasteiger partial charge < -0.3 is 5.73 Å². The van der Waals surface area contributed by atoms with Crippen molar-refractivity contribution in [2.75, 3.05) is 0 Å². The SMILES string of the molecule is Cc1ccc(C)c([C@H](C)NS(=O)(=O)c2ccc(C(N)=O)cc2)c1. The van der Waals surface area contributed by atoms with Crippen LogP contribution in [0.25, 0.3) is 0 Å². The Hall–Kier alpha value is -2.18. The Morgan fingerprint density at radius 3 is 2.26 bits per heavy atom. The zero-order chi connectivity index (χ0) is 17.2. The van der Waals surface area contributed by atoms with Gasteiger partial charge in [-0.2, -0.15) is 0 Å². The van der Waals surface area contributed by atoms with E-state index >= 15 is 0 Å². The molecule has 3 N–H and O–H groups in total. The summed E-state index contributed by atoms with van der Waals surface area (Å²) < 4.78 is 27.6. The minimum absolute atomic E-state index is 0.0969. The quantitative estimate of drug-likeness (QED) is 0.881. The van der Waals surface area contributed by atoms with Gasteiger partial charge in [-0.3, -0.25) is 4.79 Å². The molecule has 0 aliphatic carbocycles. The Kier molecular flexibility index (Phi) is 4.87. The van der Waals surface area contributed by atoms with Gasteiger partial charge in [0.05, 0.1) is 4.90 Å². The van der Waals surface area contributed by atoms with E-state index in [1.165, 1.54) is 24.3 Å². The van der Waals surface area contributed by atoms with Gasteiger partial charge in [0.2, 0.25) is 15.9 Å². The summed E-state index contributed by atoms with van der Waals surface area (Å²) >= 11 is 0. The monoisotopic (exact) mass is 332 g/mol. The highest BCUT2D eigenvalue weighted by molar-refractivity contribution is 7.89. The van der Waals surface area contributed by atoms with Crippen molar-refractivity contribution in [2.24, 2.45) is 5.73 Å². The van der Waals surface area contributed by atoms with Gasteiger partial charge in [0.25, 0.3) is 0 Å². The van der Waals surface area contributed by atoms with Gasteiger partial charge in [0, 0.05) is 11.6 Å². The molecule has 5 nitrogen and oxygen atoms in total. The highest BCUT2D eigenvalue weighted by Gasteiger charge is 2.19. The van der Waals surface area contributed by atoms with Crippen molar-refractivity contribution in [3.8, 4) is 0 Å². The lowest BCUT2D eigenvalue weighted by Crippen LogP contribution is -2.27. The van der Waals surface area contributed by atoms with Crippen LogP contribution in [0.4, 0.5) is 0 Å². The number of primary amides is 1. The Bertz CT molecular complexity index is 827. The number of hydrogen-bond acceptors (Lipinski definition) is 3. The fourth-order valence-corrected chi connectivity index (χ4v) is 3.61. The van der Waals surface area contributed by atoms with Crippen molar-refractivity contribution in [3.63, 3.8) is 0 Å². The molecular weight excluding hydrogens is 312 g/mol. The number of nitrogens with two attached hydrogens (primary N) is 1. The molecule has 0 heterocycles. The number of hydrogen-bond donors (Lipinski definition) is 2. The molecule has 0 radical (unpaired) electrons. The standard InChI is InChI=1S/C17H20N2O3S/c1-11-4-5-12(2)16(10-11)13(3)19-23(21,22)15-8-6-14(7-9-15)17(18)20/h4-10,13,19H,1-3H3,(H2,18,20)/t13-/m0/s1. The van der Waals surface area contributed by atoms with Crippen LogP contribution < -0.4 is 10.5 Å². The van der Waals surface area contributed by atoms with Crippen molar-refractivity contribution in [3.05, 3.63) is 64.7 Å². The molecule has 2 rings (SSSR count). The molecule has 0 saturated carbocycles. The lowest BCUT2D eigenvalue weighted by Gasteiger charge is -2.17. The van der Waals surface area contributed by atoms with Gasteiger partial charge in [0.15, 0.2) is 0 Å². The molecule has 0 saturated heterocycles. The molecule has 23 heavy (non-hydrogen) atoms. The van der Waals surface area contributed by atoms with E-state index in [1.807, 2.05) is 32.0 Å². The van der Waals surface area contributed by atoms with Crippen LogP contribution in [0, 0.1) is 13.8 Å². The minimum Gasteiger partial charge on any atom is -0.366 e. The zero-order valence-electron chi connectivity index (χ0n) is 13.3. The van der Waals surface area contributed by atoms with Crippen molar-refractivity contribution < 1.29 is 13.2 Å². The average molecular weight is 332 g/mol. The molecule has 0 fully saturated rings. The van der Waals surface area contributed by atoms with E-state index < -0.39 is 15.9 Å². The smallest absolute Gasteiger partial charge is 0.248 e. The average Bonchev–Trinajstić information content (AvgIpc) is 2.49. The Labute approximate surface area is 136 Å². The zero-order valence-corrected chi connectivity index (χ0v) is 14.1. The second kappa shape index (κ2) is 6.52. The number of nitrogens with one attached hydrogen (secondary N) is 1. The van der Waals surface area contributed by atoms with Crippen molar-refractivity contribution in [1.82, 2.24) is 4.72 Å². The molecule has 2 aromatic rings. The van der Waals surface area contributed by atoms with E-state index in [1.54, 1.807) is 6.92 Å². The van der Waals surface area contributed by atoms with Gasteiger partial charge in [-0.15, -0.1) is 0 Å². The van der Waals surface area contributed by atoms with E-state index in [-0.39, 0.29) is 16.5 Å². The third-order valence-corrected chi connectivity index (χ3v) is 5.24. The molecule has 2 aromatic carbocycles. The normalized spacial score (nSPS) is 12.8. The molecule has 0 spiro atoms. The number of benzene rings is 2. The van der Waals surface area contributed by atoms with Crippen LogP contribution in [0.5, 0.6) is 0 Å². The summed E-state index contributed by atoms with van der Waals surface area (Å²) in [6.45, 7) is 5.71. The molecule has 0 unspecified atom stereocenters. The molecule has 0 bridgehead atoms. The summed E-state index contributed by atoms with van der Waals surface area (Å²) in [4.78, 5) is 11.1. The second-order valence-electron chi connectivity index (χ2n) is 5.59. The maximum Gasteiger partial charge on any atom is 0.248 e.